The van der Waals surface area contributed by atoms with Crippen molar-refractivity contribution in [1.29, 1.82) is 0 Å². The summed E-state index contributed by atoms with van der Waals surface area (Å²) in [4.78, 5) is 17.2. The fourth-order valence-corrected chi connectivity index (χ4v) is 4.73. The Labute approximate surface area is 183 Å². The summed E-state index contributed by atoms with van der Waals surface area (Å²) >= 11 is 3.24. The lowest BCUT2D eigenvalue weighted by atomic mass is 10.2. The summed E-state index contributed by atoms with van der Waals surface area (Å²) in [6, 6.07) is 21.6. The van der Waals surface area contributed by atoms with Gasteiger partial charge in [-0.1, -0.05) is 36.4 Å². The van der Waals surface area contributed by atoms with E-state index < -0.39 is 0 Å². The molecule has 0 bridgehead atoms. The first-order valence-corrected chi connectivity index (χ1v) is 11.5. The summed E-state index contributed by atoms with van der Waals surface area (Å²) in [5.74, 6) is 1.33. The number of thiophene rings is 1. The van der Waals surface area contributed by atoms with E-state index in [9.17, 15) is 4.79 Å². The van der Waals surface area contributed by atoms with Crippen molar-refractivity contribution in [3.8, 4) is 5.69 Å². The molecule has 0 saturated heterocycles. The van der Waals surface area contributed by atoms with Crippen LogP contribution in [0.5, 0.6) is 0 Å². The SMILES string of the molecule is CCN(Cc1cccs1)C(=O)c1ccccc1SCc1nnnn1-c1ccccc1. The average molecular weight is 436 g/mol. The molecule has 2 aromatic heterocycles. The van der Waals surface area contributed by atoms with E-state index in [0.717, 1.165) is 16.4 Å². The van der Waals surface area contributed by atoms with Crippen molar-refractivity contribution in [1.82, 2.24) is 25.1 Å². The predicted molar refractivity (Wildman–Crippen MR) is 120 cm³/mol. The highest BCUT2D eigenvalue weighted by Crippen LogP contribution is 2.27. The summed E-state index contributed by atoms with van der Waals surface area (Å²) < 4.78 is 1.73. The van der Waals surface area contributed by atoms with Crippen LogP contribution in [0.15, 0.2) is 77.0 Å². The number of rotatable bonds is 8. The predicted octanol–water partition coefficient (Wildman–Crippen LogP) is 4.68. The molecule has 0 fully saturated rings. The van der Waals surface area contributed by atoms with Gasteiger partial charge in [0.2, 0.25) is 0 Å². The smallest absolute Gasteiger partial charge is 0.255 e. The van der Waals surface area contributed by atoms with Crippen LogP contribution in [0.4, 0.5) is 0 Å². The molecule has 0 N–H and O–H groups in total. The monoisotopic (exact) mass is 435 g/mol. The quantitative estimate of drug-likeness (QED) is 0.376. The maximum atomic E-state index is 13.2. The largest absolute Gasteiger partial charge is 0.334 e. The summed E-state index contributed by atoms with van der Waals surface area (Å²) in [5.41, 5.74) is 1.62. The number of hydrogen-bond acceptors (Lipinski definition) is 6. The van der Waals surface area contributed by atoms with E-state index in [1.165, 1.54) is 4.88 Å². The van der Waals surface area contributed by atoms with Crippen molar-refractivity contribution in [2.24, 2.45) is 0 Å². The molecule has 1 amide bonds. The van der Waals surface area contributed by atoms with Crippen LogP contribution in [0.1, 0.15) is 28.0 Å². The van der Waals surface area contributed by atoms with E-state index in [1.54, 1.807) is 27.8 Å². The van der Waals surface area contributed by atoms with E-state index in [4.69, 9.17) is 0 Å². The second-order valence-electron chi connectivity index (χ2n) is 6.53. The lowest BCUT2D eigenvalue weighted by Gasteiger charge is -2.21. The minimum atomic E-state index is 0.0386. The molecule has 0 aliphatic rings. The normalized spacial score (nSPS) is 10.8. The number of amides is 1. The standard InChI is InChI=1S/C22H21N5OS2/c1-2-26(15-18-11-8-14-29-18)22(28)19-12-6-7-13-20(19)30-16-21-23-24-25-27(21)17-9-4-3-5-10-17/h3-14H,2,15-16H2,1H3. The van der Waals surface area contributed by atoms with Gasteiger partial charge in [0.25, 0.3) is 5.91 Å². The van der Waals surface area contributed by atoms with Crippen molar-refractivity contribution < 1.29 is 4.79 Å². The molecular weight excluding hydrogens is 414 g/mol. The molecule has 0 radical (unpaired) electrons. The van der Waals surface area contributed by atoms with Crippen molar-refractivity contribution in [3.05, 3.63) is 88.4 Å². The van der Waals surface area contributed by atoms with Gasteiger partial charge in [0, 0.05) is 16.3 Å². The zero-order valence-electron chi connectivity index (χ0n) is 16.5. The van der Waals surface area contributed by atoms with Gasteiger partial charge in [0.1, 0.15) is 0 Å². The van der Waals surface area contributed by atoms with E-state index in [0.29, 0.717) is 24.4 Å². The van der Waals surface area contributed by atoms with Crippen LogP contribution in [-0.4, -0.2) is 37.6 Å². The Morgan fingerprint density at radius 1 is 1.07 bits per heavy atom. The number of benzene rings is 2. The van der Waals surface area contributed by atoms with E-state index >= 15 is 0 Å². The molecule has 0 aliphatic carbocycles. The lowest BCUT2D eigenvalue weighted by Crippen LogP contribution is -2.30. The maximum absolute atomic E-state index is 13.2. The van der Waals surface area contributed by atoms with Crippen molar-refractivity contribution >= 4 is 29.0 Å². The third-order valence-electron chi connectivity index (χ3n) is 4.60. The van der Waals surface area contributed by atoms with Crippen LogP contribution in [0.2, 0.25) is 0 Å². The topological polar surface area (TPSA) is 63.9 Å². The Morgan fingerprint density at radius 2 is 1.87 bits per heavy atom. The zero-order valence-corrected chi connectivity index (χ0v) is 18.1. The average Bonchev–Trinajstić information content (AvgIpc) is 3.48. The molecule has 4 rings (SSSR count). The maximum Gasteiger partial charge on any atom is 0.255 e. The Hall–Kier alpha value is -2.97. The second kappa shape index (κ2) is 9.69. The number of para-hydroxylation sites is 1. The van der Waals surface area contributed by atoms with Gasteiger partial charge in [-0.3, -0.25) is 4.79 Å². The van der Waals surface area contributed by atoms with Gasteiger partial charge in [-0.05, 0) is 53.1 Å². The highest BCUT2D eigenvalue weighted by molar-refractivity contribution is 7.98. The summed E-state index contributed by atoms with van der Waals surface area (Å²) in [5, 5.41) is 14.1. The van der Waals surface area contributed by atoms with Gasteiger partial charge in [-0.25, -0.2) is 0 Å². The van der Waals surface area contributed by atoms with Gasteiger partial charge in [0.05, 0.1) is 23.5 Å². The fourth-order valence-electron chi connectivity index (χ4n) is 3.07. The van der Waals surface area contributed by atoms with Crippen molar-refractivity contribution in [2.45, 2.75) is 24.1 Å². The molecule has 0 saturated carbocycles. The molecule has 8 heteroatoms. The van der Waals surface area contributed by atoms with Gasteiger partial charge < -0.3 is 4.90 Å². The Balaban J connectivity index is 1.52. The number of hydrogen-bond donors (Lipinski definition) is 0. The molecule has 0 spiro atoms. The van der Waals surface area contributed by atoms with Gasteiger partial charge in [-0.15, -0.1) is 28.2 Å². The molecule has 152 valence electrons. The van der Waals surface area contributed by atoms with Crippen LogP contribution in [-0.2, 0) is 12.3 Å². The third kappa shape index (κ3) is 4.60. The molecule has 0 aliphatic heterocycles. The molecule has 0 atom stereocenters. The molecule has 0 unspecified atom stereocenters. The fraction of sp³-hybridized carbons (Fsp3) is 0.182. The Bertz CT molecular complexity index is 1100. The number of thioether (sulfide) groups is 1. The van der Waals surface area contributed by atoms with Crippen molar-refractivity contribution in [2.75, 3.05) is 6.54 Å². The van der Waals surface area contributed by atoms with Crippen LogP contribution in [0.3, 0.4) is 0 Å². The van der Waals surface area contributed by atoms with Gasteiger partial charge in [0.15, 0.2) is 5.82 Å². The Morgan fingerprint density at radius 3 is 2.63 bits per heavy atom. The summed E-state index contributed by atoms with van der Waals surface area (Å²) in [6.07, 6.45) is 0. The molecule has 2 heterocycles. The first-order valence-electron chi connectivity index (χ1n) is 9.62. The lowest BCUT2D eigenvalue weighted by molar-refractivity contribution is 0.0750. The first-order chi connectivity index (χ1) is 14.8. The van der Waals surface area contributed by atoms with Gasteiger partial charge >= 0.3 is 0 Å². The highest BCUT2D eigenvalue weighted by atomic mass is 32.2. The van der Waals surface area contributed by atoms with Crippen LogP contribution >= 0.6 is 23.1 Å². The van der Waals surface area contributed by atoms with E-state index in [2.05, 4.69) is 21.6 Å². The van der Waals surface area contributed by atoms with Crippen LogP contribution in [0.25, 0.3) is 5.69 Å². The van der Waals surface area contributed by atoms with Crippen LogP contribution < -0.4 is 0 Å². The molecule has 30 heavy (non-hydrogen) atoms. The number of nitrogens with zero attached hydrogens (tertiary/aromatic N) is 5. The second-order valence-corrected chi connectivity index (χ2v) is 8.58. The summed E-state index contributed by atoms with van der Waals surface area (Å²) in [7, 11) is 0. The minimum absolute atomic E-state index is 0.0386. The number of aromatic nitrogens is 4. The zero-order chi connectivity index (χ0) is 20.8. The molecule has 6 nitrogen and oxygen atoms in total. The Kier molecular flexibility index (Phi) is 6.56. The molecule has 2 aromatic carbocycles. The summed E-state index contributed by atoms with van der Waals surface area (Å²) in [6.45, 7) is 3.29. The van der Waals surface area contributed by atoms with E-state index in [1.807, 2.05) is 77.9 Å². The van der Waals surface area contributed by atoms with Gasteiger partial charge in [-0.2, -0.15) is 4.68 Å². The number of carbonyl (C=O) groups is 1. The van der Waals surface area contributed by atoms with Crippen LogP contribution in [0, 0.1) is 0 Å². The molecule has 4 aromatic rings. The number of tetrazole rings is 1. The van der Waals surface area contributed by atoms with Crippen molar-refractivity contribution in [3.63, 3.8) is 0 Å². The number of carbonyl (C=O) groups excluding carboxylic acids is 1. The van der Waals surface area contributed by atoms with E-state index in [-0.39, 0.29) is 5.91 Å². The third-order valence-corrected chi connectivity index (χ3v) is 6.54. The highest BCUT2D eigenvalue weighted by Gasteiger charge is 2.19. The first kappa shape index (κ1) is 20.3. The minimum Gasteiger partial charge on any atom is -0.334 e. The molecular formula is C22H21N5OS2.